The lowest BCUT2D eigenvalue weighted by Gasteiger charge is -2.18. The van der Waals surface area contributed by atoms with Crippen molar-refractivity contribution in [3.8, 4) is 0 Å². The van der Waals surface area contributed by atoms with Crippen LogP contribution in [-0.4, -0.2) is 17.9 Å². The first-order chi connectivity index (χ1) is 9.88. The summed E-state index contributed by atoms with van der Waals surface area (Å²) in [5, 5.41) is 0.280. The first-order valence-electron chi connectivity index (χ1n) is 6.13. The van der Waals surface area contributed by atoms with E-state index in [9.17, 15) is 13.6 Å². The highest BCUT2D eigenvalue weighted by atomic mass is 35.5. The molecule has 2 N–H and O–H groups in total. The zero-order valence-corrected chi connectivity index (χ0v) is 12.0. The van der Waals surface area contributed by atoms with Crippen molar-refractivity contribution in [2.75, 3.05) is 12.8 Å². The van der Waals surface area contributed by atoms with Crippen LogP contribution >= 0.6 is 11.6 Å². The number of rotatable bonds is 3. The minimum atomic E-state index is -0.690. The van der Waals surface area contributed by atoms with Gasteiger partial charge in [-0.3, -0.25) is 4.79 Å². The van der Waals surface area contributed by atoms with Gasteiger partial charge in [-0.1, -0.05) is 17.7 Å². The van der Waals surface area contributed by atoms with E-state index in [1.54, 1.807) is 6.07 Å². The molecule has 3 nitrogen and oxygen atoms in total. The fourth-order valence-corrected chi connectivity index (χ4v) is 2.04. The first-order valence-corrected chi connectivity index (χ1v) is 6.50. The monoisotopic (exact) mass is 310 g/mol. The van der Waals surface area contributed by atoms with Crippen molar-refractivity contribution in [2.24, 2.45) is 0 Å². The summed E-state index contributed by atoms with van der Waals surface area (Å²) in [5.74, 6) is -1.68. The van der Waals surface area contributed by atoms with E-state index in [1.165, 1.54) is 30.1 Å². The highest BCUT2D eigenvalue weighted by Gasteiger charge is 2.15. The number of anilines is 1. The molecule has 0 spiro atoms. The number of hydrogen-bond donors (Lipinski definition) is 1. The lowest BCUT2D eigenvalue weighted by atomic mass is 10.1. The first kappa shape index (κ1) is 15.3. The van der Waals surface area contributed by atoms with E-state index in [0.717, 1.165) is 12.1 Å². The Bertz CT molecular complexity index is 691. The molecule has 0 aromatic heterocycles. The van der Waals surface area contributed by atoms with Crippen molar-refractivity contribution in [1.29, 1.82) is 0 Å². The van der Waals surface area contributed by atoms with E-state index in [1.807, 2.05) is 0 Å². The largest absolute Gasteiger partial charge is 0.398 e. The number of nitrogens with zero attached hydrogens (tertiary/aromatic N) is 1. The molecular weight excluding hydrogens is 298 g/mol. The number of carbonyl (C=O) groups is 1. The van der Waals surface area contributed by atoms with Gasteiger partial charge in [0.1, 0.15) is 11.6 Å². The highest BCUT2D eigenvalue weighted by Crippen LogP contribution is 2.21. The van der Waals surface area contributed by atoms with Gasteiger partial charge >= 0.3 is 0 Å². The summed E-state index contributed by atoms with van der Waals surface area (Å²) in [5.41, 5.74) is 6.53. The standard InChI is InChI=1S/C15H13ClF2N2O/c1-20(8-10-2-4-11(17)7-13(10)18)15(21)9-3-5-14(19)12(16)6-9/h2-7H,8,19H2,1H3. The summed E-state index contributed by atoms with van der Waals surface area (Å²) < 4.78 is 26.4. The zero-order chi connectivity index (χ0) is 15.6. The van der Waals surface area contributed by atoms with Crippen LogP contribution in [0.15, 0.2) is 36.4 Å². The van der Waals surface area contributed by atoms with Crippen molar-refractivity contribution in [3.05, 3.63) is 64.2 Å². The molecule has 0 saturated heterocycles. The summed E-state index contributed by atoms with van der Waals surface area (Å²) in [6.45, 7) is 0.0208. The van der Waals surface area contributed by atoms with Gasteiger partial charge in [-0.2, -0.15) is 0 Å². The molecule has 0 fully saturated rings. The Labute approximate surface area is 125 Å². The second kappa shape index (κ2) is 6.10. The van der Waals surface area contributed by atoms with Gasteiger partial charge in [-0.15, -0.1) is 0 Å². The Balaban J connectivity index is 2.17. The maximum Gasteiger partial charge on any atom is 0.253 e. The third kappa shape index (κ3) is 3.49. The van der Waals surface area contributed by atoms with Crippen molar-refractivity contribution in [3.63, 3.8) is 0 Å². The third-order valence-corrected chi connectivity index (χ3v) is 3.34. The van der Waals surface area contributed by atoms with Gasteiger partial charge in [0.15, 0.2) is 0 Å². The predicted molar refractivity (Wildman–Crippen MR) is 78.0 cm³/mol. The quantitative estimate of drug-likeness (QED) is 0.882. The van der Waals surface area contributed by atoms with E-state index in [2.05, 4.69) is 0 Å². The minimum Gasteiger partial charge on any atom is -0.398 e. The van der Waals surface area contributed by atoms with Gasteiger partial charge in [-0.25, -0.2) is 8.78 Å². The number of amides is 1. The van der Waals surface area contributed by atoms with Crippen LogP contribution in [0, 0.1) is 11.6 Å². The number of nitrogen functional groups attached to an aromatic ring is 1. The molecule has 0 heterocycles. The molecule has 6 heteroatoms. The molecule has 21 heavy (non-hydrogen) atoms. The van der Waals surface area contributed by atoms with Crippen LogP contribution in [0.2, 0.25) is 5.02 Å². The maximum absolute atomic E-state index is 13.6. The number of benzene rings is 2. The average Bonchev–Trinajstić information content (AvgIpc) is 2.44. The lowest BCUT2D eigenvalue weighted by Crippen LogP contribution is -2.26. The van der Waals surface area contributed by atoms with E-state index in [0.29, 0.717) is 11.3 Å². The molecule has 0 aliphatic rings. The molecular formula is C15H13ClF2N2O. The summed E-state index contributed by atoms with van der Waals surface area (Å²) in [4.78, 5) is 13.5. The summed E-state index contributed by atoms with van der Waals surface area (Å²) in [6, 6.07) is 7.77. The second-order valence-electron chi connectivity index (χ2n) is 4.63. The maximum atomic E-state index is 13.6. The number of nitrogens with two attached hydrogens (primary N) is 1. The average molecular weight is 311 g/mol. The van der Waals surface area contributed by atoms with Crippen molar-refractivity contribution in [2.45, 2.75) is 6.54 Å². The molecule has 0 radical (unpaired) electrons. The van der Waals surface area contributed by atoms with E-state index in [4.69, 9.17) is 17.3 Å². The number of hydrogen-bond acceptors (Lipinski definition) is 2. The SMILES string of the molecule is CN(Cc1ccc(F)cc1F)C(=O)c1ccc(N)c(Cl)c1. The molecule has 0 aliphatic heterocycles. The van der Waals surface area contributed by atoms with Crippen LogP contribution in [0.1, 0.15) is 15.9 Å². The van der Waals surface area contributed by atoms with Crippen LogP contribution in [-0.2, 0) is 6.54 Å². The molecule has 0 bridgehead atoms. The van der Waals surface area contributed by atoms with Crippen LogP contribution in [0.3, 0.4) is 0 Å². The molecule has 0 aliphatic carbocycles. The topological polar surface area (TPSA) is 46.3 Å². The van der Waals surface area contributed by atoms with Crippen LogP contribution < -0.4 is 5.73 Å². The Morgan fingerprint density at radius 2 is 1.95 bits per heavy atom. The molecule has 0 unspecified atom stereocenters. The summed E-state index contributed by atoms with van der Waals surface area (Å²) >= 11 is 5.87. The number of halogens is 3. The Morgan fingerprint density at radius 3 is 2.57 bits per heavy atom. The molecule has 110 valence electrons. The molecule has 2 aromatic rings. The predicted octanol–water partition coefficient (Wildman–Crippen LogP) is 3.47. The van der Waals surface area contributed by atoms with Crippen molar-refractivity contribution < 1.29 is 13.6 Å². The van der Waals surface area contributed by atoms with Gasteiger partial charge < -0.3 is 10.6 Å². The fourth-order valence-electron chi connectivity index (χ4n) is 1.86. The third-order valence-electron chi connectivity index (χ3n) is 3.02. The van der Waals surface area contributed by atoms with E-state index in [-0.39, 0.29) is 23.0 Å². The minimum absolute atomic E-state index is 0.0208. The van der Waals surface area contributed by atoms with Crippen LogP contribution in [0.25, 0.3) is 0 Å². The number of carbonyl (C=O) groups excluding carboxylic acids is 1. The molecule has 2 rings (SSSR count). The Hall–Kier alpha value is -2.14. The Kier molecular flexibility index (Phi) is 4.43. The summed E-state index contributed by atoms with van der Waals surface area (Å²) in [7, 11) is 1.52. The Morgan fingerprint density at radius 1 is 1.24 bits per heavy atom. The van der Waals surface area contributed by atoms with Crippen molar-refractivity contribution >= 4 is 23.2 Å². The highest BCUT2D eigenvalue weighted by molar-refractivity contribution is 6.33. The lowest BCUT2D eigenvalue weighted by molar-refractivity contribution is 0.0784. The zero-order valence-electron chi connectivity index (χ0n) is 11.2. The van der Waals surface area contributed by atoms with Crippen LogP contribution in [0.4, 0.5) is 14.5 Å². The van der Waals surface area contributed by atoms with Gasteiger partial charge in [0.05, 0.1) is 10.7 Å². The normalized spacial score (nSPS) is 10.5. The van der Waals surface area contributed by atoms with Gasteiger partial charge in [0, 0.05) is 30.8 Å². The van der Waals surface area contributed by atoms with Crippen LogP contribution in [0.5, 0.6) is 0 Å². The summed E-state index contributed by atoms with van der Waals surface area (Å²) in [6.07, 6.45) is 0. The smallest absolute Gasteiger partial charge is 0.253 e. The fraction of sp³-hybridized carbons (Fsp3) is 0.133. The molecule has 2 aromatic carbocycles. The molecule has 0 atom stereocenters. The van der Waals surface area contributed by atoms with Gasteiger partial charge in [0.25, 0.3) is 5.91 Å². The second-order valence-corrected chi connectivity index (χ2v) is 5.04. The van der Waals surface area contributed by atoms with E-state index < -0.39 is 11.6 Å². The van der Waals surface area contributed by atoms with Gasteiger partial charge in [-0.05, 0) is 24.3 Å². The molecule has 1 amide bonds. The van der Waals surface area contributed by atoms with E-state index >= 15 is 0 Å². The van der Waals surface area contributed by atoms with Crippen molar-refractivity contribution in [1.82, 2.24) is 4.90 Å². The molecule has 0 saturated carbocycles. The van der Waals surface area contributed by atoms with Gasteiger partial charge in [0.2, 0.25) is 0 Å².